The zero-order valence-corrected chi connectivity index (χ0v) is 13.3. The van der Waals surface area contributed by atoms with Crippen molar-refractivity contribution in [2.24, 2.45) is 0 Å². The Hall–Kier alpha value is -0.620. The number of carbonyl (C=O) groups is 1. The number of carbonyl (C=O) groups excluding carboxylic acids is 1. The molecule has 1 N–H and O–H groups in total. The molecule has 0 spiro atoms. The van der Waals surface area contributed by atoms with Crippen LogP contribution in [-0.4, -0.2) is 31.3 Å². The molecule has 0 saturated carbocycles. The minimum atomic E-state index is -4.26. The van der Waals surface area contributed by atoms with Gasteiger partial charge in [-0.05, 0) is 6.42 Å². The molecule has 20 heavy (non-hydrogen) atoms. The van der Waals surface area contributed by atoms with Gasteiger partial charge in [-0.1, -0.05) is 64.7 Å². The molecule has 120 valence electrons. The van der Waals surface area contributed by atoms with Crippen molar-refractivity contribution in [3.05, 3.63) is 0 Å². The van der Waals surface area contributed by atoms with Crippen molar-refractivity contribution in [1.82, 2.24) is 0 Å². The molecular formula is C14H28O5S. The Morgan fingerprint density at radius 1 is 0.900 bits per heavy atom. The normalized spacial score (nSPS) is 11.5. The molecule has 0 saturated heterocycles. The molecule has 0 heterocycles. The maximum absolute atomic E-state index is 11.0. The Morgan fingerprint density at radius 3 is 1.80 bits per heavy atom. The van der Waals surface area contributed by atoms with Crippen LogP contribution in [0.3, 0.4) is 0 Å². The Morgan fingerprint density at radius 2 is 1.35 bits per heavy atom. The zero-order chi connectivity index (χ0) is 15.3. The van der Waals surface area contributed by atoms with Gasteiger partial charge in [-0.2, -0.15) is 8.42 Å². The van der Waals surface area contributed by atoms with E-state index in [1.807, 2.05) is 0 Å². The largest absolute Gasteiger partial charge is 0.465 e. The molecule has 0 amide bonds. The van der Waals surface area contributed by atoms with E-state index in [2.05, 4.69) is 6.92 Å². The molecule has 0 aliphatic heterocycles. The van der Waals surface area contributed by atoms with Crippen LogP contribution in [0.15, 0.2) is 0 Å². The molecule has 6 heteroatoms. The van der Waals surface area contributed by atoms with Crippen LogP contribution in [0.25, 0.3) is 0 Å². The van der Waals surface area contributed by atoms with E-state index in [0.717, 1.165) is 19.3 Å². The SMILES string of the molecule is CCCCCCCCCCCCOC(=O)CS(=O)(=O)O. The second kappa shape index (κ2) is 12.1. The van der Waals surface area contributed by atoms with Crippen molar-refractivity contribution < 1.29 is 22.5 Å². The van der Waals surface area contributed by atoms with Crippen LogP contribution >= 0.6 is 0 Å². The van der Waals surface area contributed by atoms with Gasteiger partial charge in [0.25, 0.3) is 10.1 Å². The van der Waals surface area contributed by atoms with Crippen molar-refractivity contribution >= 4 is 16.1 Å². The van der Waals surface area contributed by atoms with Crippen molar-refractivity contribution in [2.75, 3.05) is 12.4 Å². The summed E-state index contributed by atoms with van der Waals surface area (Å²) in [6.07, 6.45) is 11.8. The fourth-order valence-corrected chi connectivity index (χ4v) is 2.35. The standard InChI is InChI=1S/C14H28O5S/c1-2-3-4-5-6-7-8-9-10-11-12-19-14(15)13-20(16,17)18/h2-13H2,1H3,(H,16,17,18). The summed E-state index contributed by atoms with van der Waals surface area (Å²) in [5, 5.41) is 0. The molecule has 0 fully saturated rings. The summed E-state index contributed by atoms with van der Waals surface area (Å²) >= 11 is 0. The van der Waals surface area contributed by atoms with Crippen molar-refractivity contribution in [3.8, 4) is 0 Å². The van der Waals surface area contributed by atoms with E-state index in [1.165, 1.54) is 44.9 Å². The Bertz CT molecular complexity index is 337. The first-order chi connectivity index (χ1) is 9.45. The number of unbranched alkanes of at least 4 members (excludes halogenated alkanes) is 9. The molecule has 0 aromatic rings. The maximum atomic E-state index is 11.0. The lowest BCUT2D eigenvalue weighted by Gasteiger charge is -2.04. The van der Waals surface area contributed by atoms with E-state index >= 15 is 0 Å². The molecule has 0 rings (SSSR count). The van der Waals surface area contributed by atoms with Gasteiger partial charge in [-0.15, -0.1) is 0 Å². The monoisotopic (exact) mass is 308 g/mol. The molecule has 0 aliphatic rings. The molecule has 0 aromatic heterocycles. The number of ether oxygens (including phenoxy) is 1. The minimum absolute atomic E-state index is 0.227. The summed E-state index contributed by atoms with van der Waals surface area (Å²) in [6.45, 7) is 2.44. The van der Waals surface area contributed by atoms with E-state index in [-0.39, 0.29) is 6.61 Å². The third-order valence-electron chi connectivity index (χ3n) is 3.06. The smallest absolute Gasteiger partial charge is 0.323 e. The van der Waals surface area contributed by atoms with Crippen LogP contribution in [0.5, 0.6) is 0 Å². The maximum Gasteiger partial charge on any atom is 0.323 e. The lowest BCUT2D eigenvalue weighted by molar-refractivity contribution is -0.140. The second-order valence-electron chi connectivity index (χ2n) is 5.13. The van der Waals surface area contributed by atoms with Crippen LogP contribution in [0.1, 0.15) is 71.1 Å². The fraction of sp³-hybridized carbons (Fsp3) is 0.929. The molecule has 0 unspecified atom stereocenters. The van der Waals surface area contributed by atoms with Gasteiger partial charge in [0.05, 0.1) is 6.61 Å². The van der Waals surface area contributed by atoms with Gasteiger partial charge in [-0.25, -0.2) is 0 Å². The van der Waals surface area contributed by atoms with Crippen molar-refractivity contribution in [2.45, 2.75) is 71.1 Å². The first-order valence-electron chi connectivity index (χ1n) is 7.56. The predicted octanol–water partition coefficient (Wildman–Crippen LogP) is 3.34. The average molecular weight is 308 g/mol. The quantitative estimate of drug-likeness (QED) is 0.320. The molecular weight excluding hydrogens is 280 g/mol. The van der Waals surface area contributed by atoms with Gasteiger partial charge in [0.15, 0.2) is 5.75 Å². The minimum Gasteiger partial charge on any atom is -0.465 e. The summed E-state index contributed by atoms with van der Waals surface area (Å²) in [5.74, 6) is -1.84. The van der Waals surface area contributed by atoms with Gasteiger partial charge >= 0.3 is 5.97 Å². The number of hydrogen-bond donors (Lipinski definition) is 1. The number of esters is 1. The van der Waals surface area contributed by atoms with Gasteiger partial charge in [-0.3, -0.25) is 9.35 Å². The lowest BCUT2D eigenvalue weighted by atomic mass is 10.1. The van der Waals surface area contributed by atoms with E-state index < -0.39 is 21.8 Å². The second-order valence-corrected chi connectivity index (χ2v) is 6.58. The first-order valence-corrected chi connectivity index (χ1v) is 9.17. The zero-order valence-electron chi connectivity index (χ0n) is 12.5. The Kier molecular flexibility index (Phi) is 11.8. The van der Waals surface area contributed by atoms with Crippen molar-refractivity contribution in [1.29, 1.82) is 0 Å². The van der Waals surface area contributed by atoms with Crippen LogP contribution < -0.4 is 0 Å². The van der Waals surface area contributed by atoms with E-state index in [1.54, 1.807) is 0 Å². The van der Waals surface area contributed by atoms with Gasteiger partial charge in [0.2, 0.25) is 0 Å². The van der Waals surface area contributed by atoms with Crippen LogP contribution in [0.2, 0.25) is 0 Å². The highest BCUT2D eigenvalue weighted by atomic mass is 32.2. The Labute approximate surface area is 122 Å². The van der Waals surface area contributed by atoms with E-state index in [4.69, 9.17) is 9.29 Å². The average Bonchev–Trinajstić information content (AvgIpc) is 2.34. The highest BCUT2D eigenvalue weighted by Crippen LogP contribution is 2.10. The summed E-state index contributed by atoms with van der Waals surface area (Å²) in [7, 11) is -4.26. The van der Waals surface area contributed by atoms with E-state index in [0.29, 0.717) is 0 Å². The summed E-state index contributed by atoms with van der Waals surface area (Å²) in [5.41, 5.74) is 0. The van der Waals surface area contributed by atoms with Crippen LogP contribution in [0, 0.1) is 0 Å². The van der Waals surface area contributed by atoms with Crippen LogP contribution in [-0.2, 0) is 19.6 Å². The van der Waals surface area contributed by atoms with Gasteiger partial charge < -0.3 is 4.74 Å². The van der Waals surface area contributed by atoms with E-state index in [9.17, 15) is 13.2 Å². The lowest BCUT2D eigenvalue weighted by Crippen LogP contribution is -2.18. The van der Waals surface area contributed by atoms with Gasteiger partial charge in [0, 0.05) is 0 Å². The molecule has 0 bridgehead atoms. The summed E-state index contributed by atoms with van der Waals surface area (Å²) in [4.78, 5) is 11.0. The van der Waals surface area contributed by atoms with Gasteiger partial charge in [0.1, 0.15) is 0 Å². The Balaban J connectivity index is 3.23. The topological polar surface area (TPSA) is 80.7 Å². The third-order valence-corrected chi connectivity index (χ3v) is 3.66. The summed E-state index contributed by atoms with van der Waals surface area (Å²) < 4.78 is 33.9. The molecule has 0 atom stereocenters. The number of rotatable bonds is 13. The highest BCUT2D eigenvalue weighted by molar-refractivity contribution is 7.86. The highest BCUT2D eigenvalue weighted by Gasteiger charge is 2.13. The molecule has 0 radical (unpaired) electrons. The summed E-state index contributed by atoms with van der Waals surface area (Å²) in [6, 6.07) is 0. The number of hydrogen-bond acceptors (Lipinski definition) is 4. The van der Waals surface area contributed by atoms with Crippen LogP contribution in [0.4, 0.5) is 0 Å². The predicted molar refractivity (Wildman–Crippen MR) is 79.2 cm³/mol. The fourth-order valence-electron chi connectivity index (χ4n) is 1.97. The molecule has 5 nitrogen and oxygen atoms in total. The molecule has 0 aromatic carbocycles. The first kappa shape index (κ1) is 19.4. The van der Waals surface area contributed by atoms with Crippen molar-refractivity contribution in [3.63, 3.8) is 0 Å². The molecule has 0 aliphatic carbocycles. The third kappa shape index (κ3) is 15.4.